The molecule has 5 fully saturated rings. The minimum atomic E-state index is -2.36. The summed E-state index contributed by atoms with van der Waals surface area (Å²) in [5, 5.41) is 0.690. The van der Waals surface area contributed by atoms with Crippen LogP contribution in [-0.2, 0) is 11.5 Å². The van der Waals surface area contributed by atoms with Crippen molar-refractivity contribution in [1.82, 2.24) is 4.90 Å². The average Bonchev–Trinajstić information content (AvgIpc) is 3.77. The van der Waals surface area contributed by atoms with E-state index in [2.05, 4.69) is 31.5 Å². The van der Waals surface area contributed by atoms with E-state index < -0.39 is 25.1 Å². The minimum absolute atomic E-state index is 0.0848. The van der Waals surface area contributed by atoms with Gasteiger partial charge in [0.2, 0.25) is 0 Å². The molecule has 2 bridgehead atoms. The molecule has 0 radical (unpaired) electrons. The summed E-state index contributed by atoms with van der Waals surface area (Å²) < 4.78 is 15.9. The molecule has 1 aromatic carbocycles. The first-order valence-corrected chi connectivity index (χ1v) is 21.8. The molecular weight excluding hydrogens is 613 g/mol. The van der Waals surface area contributed by atoms with E-state index in [1.807, 2.05) is 24.3 Å². The molecule has 2 aliphatic carbocycles. The van der Waals surface area contributed by atoms with Gasteiger partial charge in [-0.05, 0) is 0 Å². The third-order valence-corrected chi connectivity index (χ3v) is 28.3. The number of nitrogens with zero attached hydrogens (tertiary/aromatic N) is 1. The Morgan fingerprint density at radius 1 is 1.11 bits per heavy atom. The Morgan fingerprint density at radius 2 is 1.73 bits per heavy atom. The van der Waals surface area contributed by atoms with E-state index in [0.29, 0.717) is 48.6 Å². The molecule has 3 heterocycles. The van der Waals surface area contributed by atoms with Crippen LogP contribution in [0.2, 0.25) is 5.02 Å². The van der Waals surface area contributed by atoms with Crippen molar-refractivity contribution in [3.05, 3.63) is 29.3 Å². The van der Waals surface area contributed by atoms with Crippen molar-refractivity contribution >= 4 is 48.5 Å². The number of piperidine rings is 1. The van der Waals surface area contributed by atoms with Gasteiger partial charge < -0.3 is 0 Å². The van der Waals surface area contributed by atoms with Crippen LogP contribution in [0.15, 0.2) is 29.2 Å². The van der Waals surface area contributed by atoms with Crippen molar-refractivity contribution in [3.8, 4) is 0 Å². The fraction of sp³-hybridized carbons (Fsp3) is 0.742. The predicted molar refractivity (Wildman–Crippen MR) is 165 cm³/mol. The van der Waals surface area contributed by atoms with Crippen LogP contribution in [0, 0.1) is 22.7 Å². The Labute approximate surface area is 235 Å². The number of hydrogen-bond donors (Lipinski definition) is 0. The van der Waals surface area contributed by atoms with Gasteiger partial charge in [0.1, 0.15) is 0 Å². The summed E-state index contributed by atoms with van der Waals surface area (Å²) in [6, 6.07) is 8.62. The van der Waals surface area contributed by atoms with Crippen LogP contribution in [0.25, 0.3) is 0 Å². The maximum absolute atomic E-state index is 14.8. The molecule has 2 saturated carbocycles. The van der Waals surface area contributed by atoms with Gasteiger partial charge in [-0.25, -0.2) is 0 Å². The van der Waals surface area contributed by atoms with E-state index in [1.54, 1.807) is 0 Å². The molecule has 0 spiro atoms. The molecular formula is C31H45ClINO2S. The summed E-state index contributed by atoms with van der Waals surface area (Å²) in [4.78, 5) is 17.3. The van der Waals surface area contributed by atoms with Gasteiger partial charge in [0.05, 0.1) is 0 Å². The van der Waals surface area contributed by atoms with Gasteiger partial charge in [-0.15, -0.1) is 0 Å². The Hall–Kier alpha value is -0.270. The van der Waals surface area contributed by atoms with E-state index in [9.17, 15) is 9.00 Å². The number of amides is 1. The van der Waals surface area contributed by atoms with Crippen molar-refractivity contribution in [2.45, 2.75) is 123 Å². The number of carbonyl (C=O) groups excluding carboxylic acids is 1. The van der Waals surface area contributed by atoms with E-state index in [0.717, 1.165) is 30.1 Å². The van der Waals surface area contributed by atoms with Crippen LogP contribution in [0.4, 0.5) is 0 Å². The summed E-state index contributed by atoms with van der Waals surface area (Å²) in [5.74, 6) is 6.39. The number of benzene rings is 1. The number of alkyl halides is 2. The first-order chi connectivity index (χ1) is 17.6. The van der Waals surface area contributed by atoms with Crippen LogP contribution >= 0.6 is 30.0 Å². The van der Waals surface area contributed by atoms with E-state index >= 15 is 0 Å². The Balaban J connectivity index is 1.29. The second kappa shape index (κ2) is 9.68. The van der Waals surface area contributed by atoms with Crippen LogP contribution in [-0.4, -0.2) is 40.8 Å². The molecule has 1 amide bonds. The Kier molecular flexibility index (Phi) is 7.04. The second-order valence-corrected chi connectivity index (χ2v) is 27.1. The van der Waals surface area contributed by atoms with Crippen LogP contribution < -0.4 is 0 Å². The van der Waals surface area contributed by atoms with Gasteiger partial charge in [-0.3, -0.25) is 0 Å². The number of fused-ring (bicyclic) bond motifs is 2. The third kappa shape index (κ3) is 4.94. The van der Waals surface area contributed by atoms with E-state index in [-0.39, 0.29) is 5.41 Å². The van der Waals surface area contributed by atoms with Crippen molar-refractivity contribution in [3.63, 3.8) is 0 Å². The first-order valence-electron chi connectivity index (χ1n) is 14.7. The molecule has 3 nitrogen and oxygen atoms in total. The molecule has 6 rings (SSSR count). The number of carbonyl (C=O) groups is 1. The Morgan fingerprint density at radius 3 is 2.27 bits per heavy atom. The van der Waals surface area contributed by atoms with Crippen LogP contribution in [0.1, 0.15) is 97.8 Å². The summed E-state index contributed by atoms with van der Waals surface area (Å²) in [6.07, 6.45) is 13.9. The zero-order chi connectivity index (χ0) is 26.2. The van der Waals surface area contributed by atoms with Crippen LogP contribution in [0.5, 0.6) is 0 Å². The fourth-order valence-electron chi connectivity index (χ4n) is 8.04. The predicted octanol–water partition coefficient (Wildman–Crippen LogP) is 8.15. The standard InChI is InChI=1S/C31H45ClINO2S/c1-5-30(3)18-24-10-11-25(19-30)34(24)29(35)20-31(14-15-31)28-17-21(2)16-27(22-6-7-22)33(28)37(4,36)26-12-8-23(32)9-13-26/h8-9,12-13,21-22,24-25,27-28H,4-7,10-11,14-20H2,1-3H3/t21-,24?,25?,27-,28+,30?,37?/m0/s1. The molecule has 6 heteroatoms. The molecule has 206 valence electrons. The molecule has 3 saturated heterocycles. The summed E-state index contributed by atoms with van der Waals surface area (Å²) in [5.41, 5.74) is 0.481. The van der Waals surface area contributed by atoms with Gasteiger partial charge in [-0.1, -0.05) is 0 Å². The molecule has 5 aliphatic rings. The fourth-order valence-corrected chi connectivity index (χ4v) is 29.4. The third-order valence-electron chi connectivity index (χ3n) is 10.6. The molecule has 3 unspecified atom stereocenters. The topological polar surface area (TPSA) is 37.4 Å². The van der Waals surface area contributed by atoms with Gasteiger partial charge in [0.25, 0.3) is 0 Å². The number of halogens is 2. The average molecular weight is 658 g/mol. The zero-order valence-corrected chi connectivity index (χ0v) is 26.6. The normalized spacial score (nSPS) is 39.3. The van der Waals surface area contributed by atoms with E-state index in [1.165, 1.54) is 51.4 Å². The maximum atomic E-state index is 14.8. The van der Waals surface area contributed by atoms with Crippen molar-refractivity contribution < 1.29 is 9.00 Å². The van der Waals surface area contributed by atoms with Crippen molar-refractivity contribution in [2.75, 3.05) is 0 Å². The summed E-state index contributed by atoms with van der Waals surface area (Å²) >= 11 is 4.12. The number of hydrogen-bond acceptors (Lipinski definition) is 2. The summed E-state index contributed by atoms with van der Waals surface area (Å²) in [7, 11) is 0. The second-order valence-electron chi connectivity index (χ2n) is 13.5. The van der Waals surface area contributed by atoms with Crippen molar-refractivity contribution in [1.29, 1.82) is 0 Å². The zero-order valence-electron chi connectivity index (χ0n) is 22.9. The number of rotatable bonds is 7. The molecule has 1 aromatic rings. The van der Waals surface area contributed by atoms with Crippen molar-refractivity contribution in [2.24, 2.45) is 22.7 Å². The van der Waals surface area contributed by atoms with Gasteiger partial charge in [0, 0.05) is 0 Å². The molecule has 3 aliphatic heterocycles. The monoisotopic (exact) mass is 657 g/mol. The quantitative estimate of drug-likeness (QED) is 0.128. The SMILES string of the molecule is C=S(=O)(c1ccc(Cl)cc1)I1[C@H](C2CC2)C[C@H](C)C[C@@H]1C1(CC(=O)N2C3CCC2CC(C)(CC)C3)CC1. The molecule has 0 aromatic heterocycles. The first kappa shape index (κ1) is 26.9. The van der Waals surface area contributed by atoms with Crippen LogP contribution in [0.3, 0.4) is 0 Å². The molecule has 37 heavy (non-hydrogen) atoms. The molecule has 6 atom stereocenters. The van der Waals surface area contributed by atoms with Gasteiger partial charge in [0.15, 0.2) is 0 Å². The molecule has 0 N–H and O–H groups in total. The van der Waals surface area contributed by atoms with Gasteiger partial charge >= 0.3 is 237 Å². The van der Waals surface area contributed by atoms with E-state index in [4.69, 9.17) is 11.6 Å². The Bertz CT molecular complexity index is 1130. The summed E-state index contributed by atoms with van der Waals surface area (Å²) in [6.45, 7) is 4.80. The van der Waals surface area contributed by atoms with Gasteiger partial charge in [-0.2, -0.15) is 0 Å².